The minimum atomic E-state index is -1.43. The van der Waals surface area contributed by atoms with Gasteiger partial charge in [-0.1, -0.05) is 11.6 Å². The van der Waals surface area contributed by atoms with Crippen molar-refractivity contribution in [2.45, 2.75) is 6.10 Å². The number of carboxylic acid groups (broad SMARTS) is 1. The lowest BCUT2D eigenvalue weighted by Gasteiger charge is -2.11. The number of hydrogen-bond donors (Lipinski definition) is 4. The summed E-state index contributed by atoms with van der Waals surface area (Å²) in [5.74, 6) is -2.16. The molecule has 0 fully saturated rings. The number of aliphatic hydroxyl groups is 1. The van der Waals surface area contributed by atoms with Crippen molar-refractivity contribution in [2.24, 2.45) is 5.73 Å². The van der Waals surface area contributed by atoms with Gasteiger partial charge in [0.1, 0.15) is 22.6 Å². The lowest BCUT2D eigenvalue weighted by atomic mass is 10.2. The minimum absolute atomic E-state index is 0.0368. The molecule has 7 nitrogen and oxygen atoms in total. The molecule has 1 amide bonds. The number of amides is 1. The fourth-order valence-electron chi connectivity index (χ4n) is 1.04. The Bertz CT molecular complexity index is 452. The molecule has 5 N–H and O–H groups in total. The van der Waals surface area contributed by atoms with E-state index in [1.807, 2.05) is 0 Å². The maximum absolute atomic E-state index is 10.8. The SMILES string of the molecule is NC(=O)C(O)CNc1nc(Cl)ccc1C(=O)O. The van der Waals surface area contributed by atoms with Gasteiger partial charge in [-0.05, 0) is 12.1 Å². The van der Waals surface area contributed by atoms with Crippen molar-refractivity contribution in [1.29, 1.82) is 0 Å². The second-order valence-corrected chi connectivity index (χ2v) is 3.52. The van der Waals surface area contributed by atoms with Crippen LogP contribution in [0.25, 0.3) is 0 Å². The Morgan fingerprint density at radius 3 is 2.71 bits per heavy atom. The first-order valence-electron chi connectivity index (χ1n) is 4.53. The number of aliphatic hydroxyl groups excluding tert-OH is 1. The molecule has 1 aromatic rings. The average Bonchev–Trinajstić information content (AvgIpc) is 2.25. The van der Waals surface area contributed by atoms with Crippen LogP contribution in [0.2, 0.25) is 5.15 Å². The summed E-state index contributed by atoms with van der Waals surface area (Å²) in [6.45, 7) is -0.247. The van der Waals surface area contributed by atoms with Gasteiger partial charge in [0.2, 0.25) is 5.91 Å². The van der Waals surface area contributed by atoms with Crippen LogP contribution in [0.5, 0.6) is 0 Å². The number of halogens is 1. The Labute approximate surface area is 101 Å². The van der Waals surface area contributed by atoms with E-state index in [0.29, 0.717) is 0 Å². The van der Waals surface area contributed by atoms with E-state index in [1.165, 1.54) is 12.1 Å². The second-order valence-electron chi connectivity index (χ2n) is 3.13. The lowest BCUT2D eigenvalue weighted by molar-refractivity contribution is -0.125. The van der Waals surface area contributed by atoms with Crippen LogP contribution in [0, 0.1) is 0 Å². The summed E-state index contributed by atoms with van der Waals surface area (Å²) in [5, 5.41) is 20.6. The van der Waals surface area contributed by atoms with Crippen molar-refractivity contribution >= 4 is 29.3 Å². The van der Waals surface area contributed by atoms with Gasteiger partial charge in [-0.3, -0.25) is 4.79 Å². The van der Waals surface area contributed by atoms with Crippen LogP contribution < -0.4 is 11.1 Å². The van der Waals surface area contributed by atoms with E-state index in [9.17, 15) is 9.59 Å². The molecular formula is C9H10ClN3O4. The van der Waals surface area contributed by atoms with E-state index < -0.39 is 18.0 Å². The number of pyridine rings is 1. The molecule has 0 radical (unpaired) electrons. The van der Waals surface area contributed by atoms with Crippen molar-refractivity contribution in [2.75, 3.05) is 11.9 Å². The molecule has 92 valence electrons. The van der Waals surface area contributed by atoms with Crippen molar-refractivity contribution in [3.63, 3.8) is 0 Å². The molecule has 1 unspecified atom stereocenters. The summed E-state index contributed by atoms with van der Waals surface area (Å²) in [7, 11) is 0. The van der Waals surface area contributed by atoms with Crippen molar-refractivity contribution in [1.82, 2.24) is 4.98 Å². The zero-order valence-corrected chi connectivity index (χ0v) is 9.31. The van der Waals surface area contributed by atoms with Gasteiger partial charge in [0.05, 0.1) is 6.54 Å². The number of carbonyl (C=O) groups excluding carboxylic acids is 1. The van der Waals surface area contributed by atoms with Crippen LogP contribution in [0.1, 0.15) is 10.4 Å². The average molecular weight is 260 g/mol. The molecule has 8 heteroatoms. The minimum Gasteiger partial charge on any atom is -0.478 e. The Morgan fingerprint density at radius 2 is 2.18 bits per heavy atom. The third-order valence-electron chi connectivity index (χ3n) is 1.88. The number of primary amides is 1. The molecule has 0 bridgehead atoms. The number of nitrogens with one attached hydrogen (secondary N) is 1. The highest BCUT2D eigenvalue weighted by Crippen LogP contribution is 2.16. The number of aromatic carboxylic acids is 1. The molecule has 1 atom stereocenters. The summed E-state index contributed by atoms with van der Waals surface area (Å²) in [4.78, 5) is 25.1. The standard InChI is InChI=1S/C9H10ClN3O4/c10-6-2-1-4(9(16)17)8(13-6)12-3-5(14)7(11)15/h1-2,5,14H,3H2,(H2,11,15)(H,12,13)(H,16,17). The molecule has 0 aliphatic rings. The Hall–Kier alpha value is -1.86. The maximum atomic E-state index is 10.8. The van der Waals surface area contributed by atoms with E-state index in [0.717, 1.165) is 0 Å². The highest BCUT2D eigenvalue weighted by molar-refractivity contribution is 6.29. The molecule has 0 saturated carbocycles. The monoisotopic (exact) mass is 259 g/mol. The fourth-order valence-corrected chi connectivity index (χ4v) is 1.18. The smallest absolute Gasteiger partial charge is 0.339 e. The van der Waals surface area contributed by atoms with E-state index in [4.69, 9.17) is 27.5 Å². The van der Waals surface area contributed by atoms with Crippen molar-refractivity contribution in [3.8, 4) is 0 Å². The Kier molecular flexibility index (Phi) is 4.24. The number of rotatable bonds is 5. The van der Waals surface area contributed by atoms with Crippen LogP contribution in [-0.2, 0) is 4.79 Å². The number of hydrogen-bond acceptors (Lipinski definition) is 5. The van der Waals surface area contributed by atoms with E-state index in [2.05, 4.69) is 10.3 Å². The molecule has 0 aliphatic carbocycles. The van der Waals surface area contributed by atoms with Crippen molar-refractivity contribution < 1.29 is 19.8 Å². The zero-order chi connectivity index (χ0) is 13.0. The molecule has 0 saturated heterocycles. The Balaban J connectivity index is 2.85. The summed E-state index contributed by atoms with van der Waals surface area (Å²) < 4.78 is 0. The number of anilines is 1. The molecule has 1 heterocycles. The zero-order valence-electron chi connectivity index (χ0n) is 8.55. The third kappa shape index (κ3) is 3.58. The van der Waals surface area contributed by atoms with E-state index in [1.54, 1.807) is 0 Å². The molecule has 1 aromatic heterocycles. The number of aromatic nitrogens is 1. The van der Waals surface area contributed by atoms with Gasteiger partial charge in [0.15, 0.2) is 0 Å². The number of carbonyl (C=O) groups is 2. The molecular weight excluding hydrogens is 250 g/mol. The predicted molar refractivity (Wildman–Crippen MR) is 59.9 cm³/mol. The fraction of sp³-hybridized carbons (Fsp3) is 0.222. The molecule has 17 heavy (non-hydrogen) atoms. The van der Waals surface area contributed by atoms with Crippen molar-refractivity contribution in [3.05, 3.63) is 22.8 Å². The normalized spacial score (nSPS) is 11.9. The quantitative estimate of drug-likeness (QED) is 0.538. The molecule has 1 rings (SSSR count). The van der Waals surface area contributed by atoms with E-state index >= 15 is 0 Å². The Morgan fingerprint density at radius 1 is 1.53 bits per heavy atom. The molecule has 0 aliphatic heterocycles. The van der Waals surface area contributed by atoms with Gasteiger partial charge in [0, 0.05) is 0 Å². The summed E-state index contributed by atoms with van der Waals surface area (Å²) >= 11 is 5.60. The summed E-state index contributed by atoms with van der Waals surface area (Å²) in [6.07, 6.45) is -1.43. The first-order valence-corrected chi connectivity index (χ1v) is 4.90. The first-order chi connectivity index (χ1) is 7.91. The second kappa shape index (κ2) is 5.46. The van der Waals surface area contributed by atoms with E-state index in [-0.39, 0.29) is 23.1 Å². The lowest BCUT2D eigenvalue weighted by Crippen LogP contribution is -2.34. The predicted octanol–water partition coefficient (Wildman–Crippen LogP) is -0.309. The first kappa shape index (κ1) is 13.2. The van der Waals surface area contributed by atoms with Gasteiger partial charge in [0.25, 0.3) is 0 Å². The maximum Gasteiger partial charge on any atom is 0.339 e. The van der Waals surface area contributed by atoms with Gasteiger partial charge in [-0.25, -0.2) is 9.78 Å². The van der Waals surface area contributed by atoms with Crippen LogP contribution in [0.4, 0.5) is 5.82 Å². The number of nitrogens with zero attached hydrogens (tertiary/aromatic N) is 1. The summed E-state index contributed by atoms with van der Waals surface area (Å²) in [5.41, 5.74) is 4.72. The number of nitrogens with two attached hydrogens (primary N) is 1. The highest BCUT2D eigenvalue weighted by atomic mass is 35.5. The highest BCUT2D eigenvalue weighted by Gasteiger charge is 2.15. The van der Waals surface area contributed by atoms with Gasteiger partial charge in [-0.2, -0.15) is 0 Å². The van der Waals surface area contributed by atoms with Crippen LogP contribution >= 0.6 is 11.6 Å². The van der Waals surface area contributed by atoms with Gasteiger partial charge < -0.3 is 21.3 Å². The molecule has 0 aromatic carbocycles. The van der Waals surface area contributed by atoms with Gasteiger partial charge >= 0.3 is 5.97 Å². The number of carboxylic acids is 1. The third-order valence-corrected chi connectivity index (χ3v) is 2.09. The molecule has 0 spiro atoms. The van der Waals surface area contributed by atoms with Crippen LogP contribution in [-0.4, -0.2) is 39.7 Å². The van der Waals surface area contributed by atoms with Gasteiger partial charge in [-0.15, -0.1) is 0 Å². The topological polar surface area (TPSA) is 126 Å². The van der Waals surface area contributed by atoms with Crippen LogP contribution in [0.3, 0.4) is 0 Å². The summed E-state index contributed by atoms with van der Waals surface area (Å²) in [6, 6.07) is 2.58. The largest absolute Gasteiger partial charge is 0.478 e. The van der Waals surface area contributed by atoms with Crippen LogP contribution in [0.15, 0.2) is 12.1 Å².